The van der Waals surface area contributed by atoms with E-state index in [1.54, 1.807) is 0 Å². The van der Waals surface area contributed by atoms with E-state index < -0.39 is 39.7 Å². The topological polar surface area (TPSA) is 66.8 Å². The zero-order valence-corrected chi connectivity index (χ0v) is 16.9. The van der Waals surface area contributed by atoms with Crippen LogP contribution in [-0.2, 0) is 14.3 Å². The second-order valence-corrected chi connectivity index (χ2v) is 9.47. The fourth-order valence-electron chi connectivity index (χ4n) is 3.92. The maximum atomic E-state index is 13.3. The molecule has 0 aromatic heterocycles. The Morgan fingerprint density at radius 1 is 1.14 bits per heavy atom. The van der Waals surface area contributed by atoms with Gasteiger partial charge in [-0.1, -0.05) is 66.6 Å². The van der Waals surface area contributed by atoms with Gasteiger partial charge in [0.1, 0.15) is 11.4 Å². The van der Waals surface area contributed by atoms with Crippen molar-refractivity contribution in [2.24, 2.45) is 0 Å². The number of carbonyl (C=O) groups is 2. The number of carbonyl (C=O) groups excluding carboxylic acids is 2. The van der Waals surface area contributed by atoms with Crippen molar-refractivity contribution in [1.82, 2.24) is 4.90 Å². The van der Waals surface area contributed by atoms with Crippen LogP contribution in [0.3, 0.4) is 0 Å². The molecule has 5 nitrogen and oxygen atoms in total. The van der Waals surface area contributed by atoms with E-state index >= 15 is 0 Å². The molecule has 0 aliphatic carbocycles. The molecule has 0 radical (unpaired) electrons. The number of esters is 1. The third-order valence-corrected chi connectivity index (χ3v) is 7.03. The van der Waals surface area contributed by atoms with E-state index in [4.69, 9.17) is 11.2 Å². The third-order valence-electron chi connectivity index (χ3n) is 5.40. The van der Waals surface area contributed by atoms with Crippen LogP contribution in [-0.4, -0.2) is 43.6 Å². The first-order valence-corrected chi connectivity index (χ1v) is 10.2. The Labute approximate surface area is 174 Å². The lowest BCUT2D eigenvalue weighted by Gasteiger charge is -2.47. The molecule has 2 aromatic carbocycles. The highest BCUT2D eigenvalue weighted by atomic mass is 32.2. The summed E-state index contributed by atoms with van der Waals surface area (Å²) in [7, 11) is 0. The molecule has 2 aliphatic rings. The number of hydrogen-bond acceptors (Lipinski definition) is 5. The molecule has 0 saturated carbocycles. The summed E-state index contributed by atoms with van der Waals surface area (Å²) in [5, 5.41) is 9.77. The molecule has 4 rings (SSSR count). The quantitative estimate of drug-likeness (QED) is 0.480. The molecule has 6 heteroatoms. The van der Waals surface area contributed by atoms with Crippen LogP contribution >= 0.6 is 11.8 Å². The maximum Gasteiger partial charge on any atom is 0.331 e. The molecule has 1 amide bonds. The molecular weight excluding hydrogens is 386 g/mol. The number of fused-ring (bicyclic) bond motifs is 1. The van der Waals surface area contributed by atoms with E-state index in [1.165, 1.54) is 16.7 Å². The normalized spacial score (nSPS) is 27.1. The van der Waals surface area contributed by atoms with Gasteiger partial charge in [-0.3, -0.25) is 4.79 Å². The van der Waals surface area contributed by atoms with Crippen molar-refractivity contribution in [2.45, 2.75) is 41.7 Å². The number of rotatable bonds is 4. The minimum atomic E-state index is -1.87. The third kappa shape index (κ3) is 3.02. The van der Waals surface area contributed by atoms with Crippen LogP contribution in [0.25, 0.3) is 0 Å². The molecule has 0 spiro atoms. The molecule has 0 unspecified atom stereocenters. The first-order valence-electron chi connectivity index (χ1n) is 9.30. The molecule has 0 bridgehead atoms. The van der Waals surface area contributed by atoms with E-state index in [-0.39, 0.29) is 0 Å². The lowest BCUT2D eigenvalue weighted by molar-refractivity contribution is -0.181. The fraction of sp³-hybridized carbons (Fsp3) is 0.304. The monoisotopic (exact) mass is 407 g/mol. The van der Waals surface area contributed by atoms with Crippen LogP contribution in [0.4, 0.5) is 0 Å². The Kier molecular flexibility index (Phi) is 4.68. The standard InChI is InChI=1S/C23H21NO4S/c1-4-23(27)20(26)24-18(22(2,3)29-21(23)24)19(25)28-17(15-11-7-5-8-12-15)16-13-9-6-10-14-16/h1,5-14,17-18,21,27H,2-3H3/t18-,21+,23+/m0/s1. The van der Waals surface area contributed by atoms with Crippen molar-refractivity contribution in [2.75, 3.05) is 0 Å². The first-order chi connectivity index (χ1) is 13.8. The van der Waals surface area contributed by atoms with E-state index in [0.717, 1.165) is 11.1 Å². The number of terminal acetylenes is 1. The van der Waals surface area contributed by atoms with Gasteiger partial charge < -0.3 is 14.7 Å². The van der Waals surface area contributed by atoms with Gasteiger partial charge in [0.25, 0.3) is 5.91 Å². The minimum Gasteiger partial charge on any atom is -0.451 e. The second-order valence-electron chi connectivity index (χ2n) is 7.74. The summed E-state index contributed by atoms with van der Waals surface area (Å²) >= 11 is 1.32. The predicted molar refractivity (Wildman–Crippen MR) is 111 cm³/mol. The number of amides is 1. The number of ether oxygens (including phenoxy) is 1. The lowest BCUT2D eigenvalue weighted by atomic mass is 9.88. The molecular formula is C23H21NO4S. The van der Waals surface area contributed by atoms with Crippen molar-refractivity contribution in [1.29, 1.82) is 0 Å². The molecule has 2 aromatic rings. The summed E-state index contributed by atoms with van der Waals surface area (Å²) in [4.78, 5) is 27.2. The summed E-state index contributed by atoms with van der Waals surface area (Å²) < 4.78 is 5.31. The zero-order chi connectivity index (χ0) is 20.8. The number of thioether (sulfide) groups is 1. The molecule has 2 saturated heterocycles. The number of hydrogen-bond donors (Lipinski definition) is 1. The minimum absolute atomic E-state index is 0.518. The average Bonchev–Trinajstić information content (AvgIpc) is 3.01. The van der Waals surface area contributed by atoms with Crippen LogP contribution in [0.15, 0.2) is 60.7 Å². The van der Waals surface area contributed by atoms with Crippen molar-refractivity contribution in [3.05, 3.63) is 71.8 Å². The molecule has 3 atom stereocenters. The van der Waals surface area contributed by atoms with Crippen LogP contribution in [0, 0.1) is 12.3 Å². The number of benzene rings is 2. The average molecular weight is 407 g/mol. The van der Waals surface area contributed by atoms with Crippen molar-refractivity contribution in [3.8, 4) is 12.3 Å². The van der Waals surface area contributed by atoms with E-state index in [1.807, 2.05) is 74.5 Å². The molecule has 148 valence electrons. The van der Waals surface area contributed by atoms with E-state index in [2.05, 4.69) is 5.92 Å². The summed E-state index contributed by atoms with van der Waals surface area (Å²) in [5.74, 6) is 1.04. The second kappa shape index (κ2) is 6.94. The van der Waals surface area contributed by atoms with Gasteiger partial charge in [-0.25, -0.2) is 4.79 Å². The summed E-state index contributed by atoms with van der Waals surface area (Å²) in [6.45, 7) is 3.71. The Hall–Kier alpha value is -2.75. The van der Waals surface area contributed by atoms with Gasteiger partial charge in [-0.05, 0) is 25.0 Å². The fourth-order valence-corrected chi connectivity index (χ4v) is 5.51. The van der Waals surface area contributed by atoms with Gasteiger partial charge in [0.2, 0.25) is 5.60 Å². The van der Waals surface area contributed by atoms with Crippen LogP contribution in [0.1, 0.15) is 31.1 Å². The first kappa shape index (κ1) is 19.6. The summed E-state index contributed by atoms with van der Waals surface area (Å²) in [5.41, 5.74) is -0.195. The van der Waals surface area contributed by atoms with Crippen LogP contribution < -0.4 is 0 Å². The van der Waals surface area contributed by atoms with Crippen LogP contribution in [0.5, 0.6) is 0 Å². The summed E-state index contributed by atoms with van der Waals surface area (Å²) in [6.07, 6.45) is 4.78. The molecule has 2 aliphatic heterocycles. The van der Waals surface area contributed by atoms with E-state index in [0.29, 0.717) is 0 Å². The highest BCUT2D eigenvalue weighted by Crippen LogP contribution is 2.55. The van der Waals surface area contributed by atoms with Crippen molar-refractivity contribution >= 4 is 23.6 Å². The van der Waals surface area contributed by atoms with Crippen molar-refractivity contribution < 1.29 is 19.4 Å². The zero-order valence-electron chi connectivity index (χ0n) is 16.1. The molecule has 1 N–H and O–H groups in total. The van der Waals surface area contributed by atoms with Crippen LogP contribution in [0.2, 0.25) is 0 Å². The maximum absolute atomic E-state index is 13.3. The van der Waals surface area contributed by atoms with Gasteiger partial charge >= 0.3 is 5.97 Å². The van der Waals surface area contributed by atoms with E-state index in [9.17, 15) is 14.7 Å². The van der Waals surface area contributed by atoms with Gasteiger partial charge in [0.15, 0.2) is 6.10 Å². The molecule has 2 fully saturated rings. The van der Waals surface area contributed by atoms with Gasteiger partial charge in [-0.15, -0.1) is 18.2 Å². The Morgan fingerprint density at radius 2 is 1.66 bits per heavy atom. The Balaban J connectivity index is 1.65. The van der Waals surface area contributed by atoms with Gasteiger partial charge in [0.05, 0.1) is 0 Å². The predicted octanol–water partition coefficient (Wildman–Crippen LogP) is 2.75. The highest BCUT2D eigenvalue weighted by molar-refractivity contribution is 8.01. The van der Waals surface area contributed by atoms with Gasteiger partial charge in [-0.2, -0.15) is 0 Å². The lowest BCUT2D eigenvalue weighted by Crippen LogP contribution is -2.73. The largest absolute Gasteiger partial charge is 0.451 e. The SMILES string of the molecule is C#C[C@@]1(O)C(=O)N2[C@@H](C(=O)OC(c3ccccc3)c3ccccc3)C(C)(C)S[C@@H]21. The Morgan fingerprint density at radius 3 is 2.14 bits per heavy atom. The smallest absolute Gasteiger partial charge is 0.331 e. The van der Waals surface area contributed by atoms with Gasteiger partial charge in [0, 0.05) is 4.75 Å². The Bertz CT molecular complexity index is 945. The summed E-state index contributed by atoms with van der Waals surface area (Å²) in [6, 6.07) is 18.1. The molecule has 29 heavy (non-hydrogen) atoms. The number of nitrogens with zero attached hydrogens (tertiary/aromatic N) is 1. The highest BCUT2D eigenvalue weighted by Gasteiger charge is 2.71. The number of β-lactam (4-membered cyclic amide) rings is 1. The molecule has 2 heterocycles. The number of aliphatic hydroxyl groups is 1. The van der Waals surface area contributed by atoms with Crippen molar-refractivity contribution in [3.63, 3.8) is 0 Å².